The second-order valence-electron chi connectivity index (χ2n) is 4.84. The van der Waals surface area contributed by atoms with Gasteiger partial charge in [-0.2, -0.15) is 0 Å². The quantitative estimate of drug-likeness (QED) is 0.543. The predicted octanol–water partition coefficient (Wildman–Crippen LogP) is 3.30. The Morgan fingerprint density at radius 3 is 2.86 bits per heavy atom. The standard InChI is InChI=1S/C16H11FN4/c17-13-2-1-11-7-15(20-8-12(11)16(13)18)21-6-4-10-3-5-19-9-14(10)21/h1-9H,18H2. The number of halogens is 1. The highest BCUT2D eigenvalue weighted by Crippen LogP contribution is 2.26. The van der Waals surface area contributed by atoms with Gasteiger partial charge in [-0.15, -0.1) is 0 Å². The van der Waals surface area contributed by atoms with Crippen molar-refractivity contribution in [2.75, 3.05) is 5.73 Å². The summed E-state index contributed by atoms with van der Waals surface area (Å²) in [5.41, 5.74) is 6.85. The molecule has 4 rings (SSSR count). The zero-order valence-electron chi connectivity index (χ0n) is 11.0. The summed E-state index contributed by atoms with van der Waals surface area (Å²) in [5.74, 6) is 0.323. The van der Waals surface area contributed by atoms with Crippen LogP contribution in [0.5, 0.6) is 0 Å². The number of fused-ring (bicyclic) bond motifs is 2. The van der Waals surface area contributed by atoms with Crippen LogP contribution >= 0.6 is 0 Å². The minimum atomic E-state index is -0.423. The Balaban J connectivity index is 1.97. The molecule has 0 aliphatic carbocycles. The van der Waals surface area contributed by atoms with Crippen LogP contribution in [-0.2, 0) is 0 Å². The van der Waals surface area contributed by atoms with Crippen molar-refractivity contribution < 1.29 is 4.39 Å². The molecule has 0 unspecified atom stereocenters. The van der Waals surface area contributed by atoms with Crippen molar-refractivity contribution in [2.24, 2.45) is 0 Å². The second kappa shape index (κ2) is 4.28. The van der Waals surface area contributed by atoms with E-state index in [2.05, 4.69) is 9.97 Å². The monoisotopic (exact) mass is 278 g/mol. The summed E-state index contributed by atoms with van der Waals surface area (Å²) < 4.78 is 15.4. The first-order valence-electron chi connectivity index (χ1n) is 6.49. The van der Waals surface area contributed by atoms with E-state index >= 15 is 0 Å². The zero-order valence-corrected chi connectivity index (χ0v) is 11.0. The van der Waals surface area contributed by atoms with Gasteiger partial charge in [-0.05, 0) is 29.7 Å². The number of pyridine rings is 2. The van der Waals surface area contributed by atoms with E-state index in [4.69, 9.17) is 5.73 Å². The fraction of sp³-hybridized carbons (Fsp3) is 0. The average molecular weight is 278 g/mol. The molecule has 0 atom stereocenters. The molecule has 0 saturated heterocycles. The van der Waals surface area contributed by atoms with Crippen LogP contribution in [0, 0.1) is 5.82 Å². The van der Waals surface area contributed by atoms with Crippen LogP contribution < -0.4 is 5.73 Å². The number of benzene rings is 1. The molecule has 0 fully saturated rings. The van der Waals surface area contributed by atoms with Crippen LogP contribution in [0.1, 0.15) is 0 Å². The van der Waals surface area contributed by atoms with Crippen LogP contribution in [0.3, 0.4) is 0 Å². The molecule has 4 nitrogen and oxygen atoms in total. The van der Waals surface area contributed by atoms with Gasteiger partial charge in [0, 0.05) is 29.4 Å². The van der Waals surface area contributed by atoms with Crippen molar-refractivity contribution in [1.82, 2.24) is 14.5 Å². The summed E-state index contributed by atoms with van der Waals surface area (Å²) in [4.78, 5) is 8.53. The maximum absolute atomic E-state index is 13.5. The lowest BCUT2D eigenvalue weighted by Gasteiger charge is -2.07. The third-order valence-electron chi connectivity index (χ3n) is 3.62. The molecule has 102 valence electrons. The van der Waals surface area contributed by atoms with Gasteiger partial charge in [0.05, 0.1) is 17.4 Å². The predicted molar refractivity (Wildman–Crippen MR) is 80.7 cm³/mol. The topological polar surface area (TPSA) is 56.7 Å². The van der Waals surface area contributed by atoms with Gasteiger partial charge in [-0.25, -0.2) is 9.37 Å². The van der Waals surface area contributed by atoms with E-state index in [1.165, 1.54) is 6.07 Å². The Bertz CT molecular complexity index is 975. The molecular formula is C16H11FN4. The molecule has 3 aromatic heterocycles. The van der Waals surface area contributed by atoms with E-state index in [0.29, 0.717) is 5.39 Å². The lowest BCUT2D eigenvalue weighted by atomic mass is 10.1. The Hall–Kier alpha value is -2.95. The summed E-state index contributed by atoms with van der Waals surface area (Å²) in [7, 11) is 0. The van der Waals surface area contributed by atoms with Crippen LogP contribution in [-0.4, -0.2) is 14.5 Å². The lowest BCUT2D eigenvalue weighted by Crippen LogP contribution is -1.98. The molecule has 0 spiro atoms. The van der Waals surface area contributed by atoms with Crippen LogP contribution in [0.25, 0.3) is 27.5 Å². The molecule has 0 bridgehead atoms. The smallest absolute Gasteiger partial charge is 0.146 e. The third-order valence-corrected chi connectivity index (χ3v) is 3.62. The minimum Gasteiger partial charge on any atom is -0.396 e. The molecule has 2 N–H and O–H groups in total. The summed E-state index contributed by atoms with van der Waals surface area (Å²) in [5, 5.41) is 2.56. The number of hydrogen-bond acceptors (Lipinski definition) is 3. The summed E-state index contributed by atoms with van der Waals surface area (Å²) in [6.07, 6.45) is 7.09. The van der Waals surface area contributed by atoms with Crippen LogP contribution in [0.4, 0.5) is 10.1 Å². The van der Waals surface area contributed by atoms with Crippen molar-refractivity contribution in [3.63, 3.8) is 0 Å². The fourth-order valence-electron chi connectivity index (χ4n) is 2.51. The van der Waals surface area contributed by atoms with Crippen molar-refractivity contribution >= 4 is 27.4 Å². The van der Waals surface area contributed by atoms with Crippen molar-refractivity contribution in [3.05, 3.63) is 60.9 Å². The van der Waals surface area contributed by atoms with Gasteiger partial charge >= 0.3 is 0 Å². The largest absolute Gasteiger partial charge is 0.396 e. The van der Waals surface area contributed by atoms with Crippen LogP contribution in [0.2, 0.25) is 0 Å². The Morgan fingerprint density at radius 2 is 1.95 bits per heavy atom. The molecule has 21 heavy (non-hydrogen) atoms. The Labute approximate surface area is 119 Å². The van der Waals surface area contributed by atoms with Gasteiger partial charge in [0.25, 0.3) is 0 Å². The molecule has 0 radical (unpaired) electrons. The van der Waals surface area contributed by atoms with E-state index in [9.17, 15) is 4.39 Å². The molecule has 3 heterocycles. The summed E-state index contributed by atoms with van der Waals surface area (Å²) >= 11 is 0. The average Bonchev–Trinajstić information content (AvgIpc) is 2.95. The minimum absolute atomic E-state index is 0.130. The third kappa shape index (κ3) is 1.74. The van der Waals surface area contributed by atoms with Crippen molar-refractivity contribution in [3.8, 4) is 5.82 Å². The lowest BCUT2D eigenvalue weighted by molar-refractivity contribution is 0.634. The van der Waals surface area contributed by atoms with Crippen LogP contribution in [0.15, 0.2) is 55.1 Å². The number of nitrogen functional groups attached to an aromatic ring is 1. The number of hydrogen-bond donors (Lipinski definition) is 1. The number of rotatable bonds is 1. The second-order valence-corrected chi connectivity index (χ2v) is 4.84. The van der Waals surface area contributed by atoms with Crippen molar-refractivity contribution in [2.45, 2.75) is 0 Å². The maximum atomic E-state index is 13.5. The van der Waals surface area contributed by atoms with E-state index < -0.39 is 5.82 Å². The molecular weight excluding hydrogens is 267 g/mol. The Morgan fingerprint density at radius 1 is 1.05 bits per heavy atom. The Kier molecular flexibility index (Phi) is 2.41. The highest BCUT2D eigenvalue weighted by molar-refractivity contribution is 5.93. The van der Waals surface area contributed by atoms with Crippen molar-refractivity contribution in [1.29, 1.82) is 0 Å². The number of anilines is 1. The van der Waals surface area contributed by atoms with E-state index in [1.54, 1.807) is 24.7 Å². The number of aromatic nitrogens is 3. The van der Waals surface area contributed by atoms with E-state index in [-0.39, 0.29) is 5.69 Å². The molecule has 0 saturated carbocycles. The highest BCUT2D eigenvalue weighted by Gasteiger charge is 2.08. The first-order chi connectivity index (χ1) is 10.2. The number of nitrogens with two attached hydrogens (primary N) is 1. The maximum Gasteiger partial charge on any atom is 0.146 e. The SMILES string of the molecule is Nc1c(F)ccc2cc(-n3ccc4ccncc43)ncc12. The molecule has 0 aliphatic heterocycles. The van der Waals surface area contributed by atoms with Gasteiger partial charge in [0.15, 0.2) is 0 Å². The molecule has 5 heteroatoms. The van der Waals surface area contributed by atoms with E-state index in [1.807, 2.05) is 29.0 Å². The van der Waals surface area contributed by atoms with Gasteiger partial charge < -0.3 is 5.73 Å². The molecule has 0 amide bonds. The molecule has 4 aromatic rings. The first-order valence-corrected chi connectivity index (χ1v) is 6.49. The van der Waals surface area contributed by atoms with E-state index in [0.717, 1.165) is 22.1 Å². The normalized spacial score (nSPS) is 11.3. The van der Waals surface area contributed by atoms with Gasteiger partial charge in [-0.1, -0.05) is 6.07 Å². The molecule has 1 aromatic carbocycles. The van der Waals surface area contributed by atoms with Gasteiger partial charge in [-0.3, -0.25) is 9.55 Å². The fourth-order valence-corrected chi connectivity index (χ4v) is 2.51. The first kappa shape index (κ1) is 11.8. The van der Waals surface area contributed by atoms with Gasteiger partial charge in [0.1, 0.15) is 11.6 Å². The zero-order chi connectivity index (χ0) is 14.4. The van der Waals surface area contributed by atoms with Gasteiger partial charge in [0.2, 0.25) is 0 Å². The molecule has 0 aliphatic rings. The summed E-state index contributed by atoms with van der Waals surface area (Å²) in [6.45, 7) is 0. The number of nitrogens with zero attached hydrogens (tertiary/aromatic N) is 3. The summed E-state index contributed by atoms with van der Waals surface area (Å²) in [6, 6.07) is 8.91. The highest BCUT2D eigenvalue weighted by atomic mass is 19.1.